The molecular weight excluding hydrogens is 350 g/mol. The fourth-order valence-corrected chi connectivity index (χ4v) is 4.31. The number of pyridine rings is 1. The van der Waals surface area contributed by atoms with Crippen LogP contribution in [0.4, 0.5) is 5.82 Å². The molecule has 0 aliphatic carbocycles. The summed E-state index contributed by atoms with van der Waals surface area (Å²) in [6.07, 6.45) is 4.69. The van der Waals surface area contributed by atoms with Crippen LogP contribution in [0.3, 0.4) is 0 Å². The highest BCUT2D eigenvalue weighted by atomic mass is 16.5. The predicted molar refractivity (Wildman–Crippen MR) is 108 cm³/mol. The van der Waals surface area contributed by atoms with Crippen molar-refractivity contribution >= 4 is 5.82 Å². The molecule has 2 aliphatic heterocycles. The van der Waals surface area contributed by atoms with Gasteiger partial charge in [0.25, 0.3) is 5.89 Å². The fraction of sp³-hybridized carbons (Fsp3) is 0.409. The summed E-state index contributed by atoms with van der Waals surface area (Å²) in [5.74, 6) is 3.87. The number of nitrogens with one attached hydrogen (secondary N) is 1. The van der Waals surface area contributed by atoms with Gasteiger partial charge in [0.15, 0.2) is 5.82 Å². The fourth-order valence-electron chi connectivity index (χ4n) is 4.31. The topological polar surface area (TPSA) is 67.1 Å². The van der Waals surface area contributed by atoms with Gasteiger partial charge in [-0.2, -0.15) is 4.98 Å². The van der Waals surface area contributed by atoms with Crippen LogP contribution in [-0.4, -0.2) is 41.3 Å². The molecule has 2 aliphatic rings. The lowest BCUT2D eigenvalue weighted by Gasteiger charge is -2.18. The number of nitrogens with zero attached hydrogens (tertiary/aromatic N) is 4. The van der Waals surface area contributed by atoms with Crippen LogP contribution < -0.4 is 10.2 Å². The second-order valence-corrected chi connectivity index (χ2v) is 7.84. The predicted octanol–water partition coefficient (Wildman–Crippen LogP) is 2.96. The van der Waals surface area contributed by atoms with Crippen molar-refractivity contribution in [3.63, 3.8) is 0 Å². The minimum absolute atomic E-state index is 0.552. The van der Waals surface area contributed by atoms with E-state index in [4.69, 9.17) is 4.52 Å². The summed E-state index contributed by atoms with van der Waals surface area (Å²) < 4.78 is 5.46. The van der Waals surface area contributed by atoms with E-state index in [0.717, 1.165) is 74.5 Å². The number of anilines is 1. The number of aromatic nitrogens is 3. The average Bonchev–Trinajstić information content (AvgIpc) is 3.45. The zero-order chi connectivity index (χ0) is 18.8. The van der Waals surface area contributed by atoms with Gasteiger partial charge in [0.1, 0.15) is 5.82 Å². The lowest BCUT2D eigenvalue weighted by Crippen LogP contribution is -2.26. The van der Waals surface area contributed by atoms with Gasteiger partial charge in [-0.3, -0.25) is 0 Å². The molecule has 1 N–H and O–H groups in total. The van der Waals surface area contributed by atoms with E-state index in [2.05, 4.69) is 55.7 Å². The Morgan fingerprint density at radius 1 is 1.00 bits per heavy atom. The quantitative estimate of drug-likeness (QED) is 0.714. The molecule has 6 heteroatoms. The SMILES string of the molecule is c1ccc(CCCc2noc(-c3ccc(N4C[C@H]5CNC[C@H]5C4)nc3)n2)cc1. The van der Waals surface area contributed by atoms with Gasteiger partial charge in [-0.15, -0.1) is 0 Å². The number of aryl methyl sites for hydroxylation is 2. The van der Waals surface area contributed by atoms with Gasteiger partial charge in [-0.1, -0.05) is 35.5 Å². The standard InChI is InChI=1S/C22H25N5O/c1-2-5-16(6-3-1)7-4-8-20-25-22(28-26-20)17-9-10-21(24-13-17)27-14-18-11-23-12-19(18)15-27/h1-3,5-6,9-10,13,18-19,23H,4,7-8,11-12,14-15H2/t18-,19+. The maximum atomic E-state index is 5.46. The summed E-state index contributed by atoms with van der Waals surface area (Å²) in [5, 5.41) is 7.61. The highest BCUT2D eigenvalue weighted by molar-refractivity contribution is 5.55. The second kappa shape index (κ2) is 7.72. The first-order valence-electron chi connectivity index (χ1n) is 10.1. The first-order valence-corrected chi connectivity index (χ1v) is 10.1. The molecule has 0 bridgehead atoms. The number of fused-ring (bicyclic) bond motifs is 1. The van der Waals surface area contributed by atoms with Gasteiger partial charge in [0.05, 0.1) is 5.56 Å². The van der Waals surface area contributed by atoms with Crippen molar-refractivity contribution < 1.29 is 4.52 Å². The Kier molecular flexibility index (Phi) is 4.79. The third-order valence-corrected chi connectivity index (χ3v) is 5.89. The van der Waals surface area contributed by atoms with Crippen molar-refractivity contribution in [1.29, 1.82) is 0 Å². The van der Waals surface area contributed by atoms with Gasteiger partial charge >= 0.3 is 0 Å². The summed E-state index contributed by atoms with van der Waals surface area (Å²) in [4.78, 5) is 11.6. The minimum Gasteiger partial charge on any atom is -0.356 e. The first-order chi connectivity index (χ1) is 13.8. The van der Waals surface area contributed by atoms with Crippen molar-refractivity contribution in [3.05, 3.63) is 60.0 Å². The Morgan fingerprint density at radius 3 is 2.57 bits per heavy atom. The highest BCUT2D eigenvalue weighted by Gasteiger charge is 2.36. The third kappa shape index (κ3) is 3.64. The number of hydrogen-bond donors (Lipinski definition) is 1. The molecule has 2 atom stereocenters. The number of benzene rings is 1. The molecule has 144 valence electrons. The molecule has 2 aromatic heterocycles. The molecule has 4 heterocycles. The Hall–Kier alpha value is -2.73. The van der Waals surface area contributed by atoms with Crippen LogP contribution in [0.25, 0.3) is 11.5 Å². The Morgan fingerprint density at radius 2 is 1.82 bits per heavy atom. The van der Waals surface area contributed by atoms with E-state index in [1.165, 1.54) is 5.56 Å². The summed E-state index contributed by atoms with van der Waals surface area (Å²) in [5.41, 5.74) is 2.22. The maximum Gasteiger partial charge on any atom is 0.259 e. The number of rotatable bonds is 6. The van der Waals surface area contributed by atoms with E-state index >= 15 is 0 Å². The molecule has 0 radical (unpaired) electrons. The highest BCUT2D eigenvalue weighted by Crippen LogP contribution is 2.30. The lowest BCUT2D eigenvalue weighted by molar-refractivity contribution is 0.421. The summed E-state index contributed by atoms with van der Waals surface area (Å²) in [6, 6.07) is 14.6. The van der Waals surface area contributed by atoms with E-state index in [1.807, 2.05) is 18.3 Å². The first kappa shape index (κ1) is 17.4. The summed E-state index contributed by atoms with van der Waals surface area (Å²) in [6.45, 7) is 4.45. The Balaban J connectivity index is 1.19. The Bertz CT molecular complexity index is 896. The number of hydrogen-bond acceptors (Lipinski definition) is 6. The van der Waals surface area contributed by atoms with Crippen LogP contribution >= 0.6 is 0 Å². The van der Waals surface area contributed by atoms with E-state index < -0.39 is 0 Å². The van der Waals surface area contributed by atoms with Crippen LogP contribution in [-0.2, 0) is 12.8 Å². The zero-order valence-electron chi connectivity index (χ0n) is 15.9. The molecule has 28 heavy (non-hydrogen) atoms. The largest absolute Gasteiger partial charge is 0.356 e. The van der Waals surface area contributed by atoms with Crippen LogP contribution in [0.2, 0.25) is 0 Å². The lowest BCUT2D eigenvalue weighted by atomic mass is 10.0. The third-order valence-electron chi connectivity index (χ3n) is 5.89. The molecule has 0 unspecified atom stereocenters. The van der Waals surface area contributed by atoms with Gasteiger partial charge in [0.2, 0.25) is 0 Å². The average molecular weight is 375 g/mol. The normalized spacial score (nSPS) is 21.2. The van der Waals surface area contributed by atoms with Crippen LogP contribution in [0, 0.1) is 11.8 Å². The van der Waals surface area contributed by atoms with Crippen molar-refractivity contribution in [2.75, 3.05) is 31.1 Å². The van der Waals surface area contributed by atoms with Crippen molar-refractivity contribution in [2.24, 2.45) is 11.8 Å². The van der Waals surface area contributed by atoms with Crippen molar-refractivity contribution in [1.82, 2.24) is 20.4 Å². The molecule has 2 saturated heterocycles. The van der Waals surface area contributed by atoms with Gasteiger partial charge < -0.3 is 14.7 Å². The second-order valence-electron chi connectivity index (χ2n) is 7.84. The molecule has 0 amide bonds. The van der Waals surface area contributed by atoms with Crippen LogP contribution in [0.5, 0.6) is 0 Å². The zero-order valence-corrected chi connectivity index (χ0v) is 15.9. The van der Waals surface area contributed by atoms with E-state index in [-0.39, 0.29) is 0 Å². The molecule has 3 aromatic rings. The van der Waals surface area contributed by atoms with Gasteiger partial charge in [-0.25, -0.2) is 4.98 Å². The molecule has 2 fully saturated rings. The van der Waals surface area contributed by atoms with E-state index in [0.29, 0.717) is 5.89 Å². The monoisotopic (exact) mass is 375 g/mol. The van der Waals surface area contributed by atoms with E-state index in [1.54, 1.807) is 0 Å². The molecular formula is C22H25N5O. The molecule has 0 spiro atoms. The van der Waals surface area contributed by atoms with Crippen LogP contribution in [0.15, 0.2) is 53.2 Å². The molecule has 6 nitrogen and oxygen atoms in total. The summed E-state index contributed by atoms with van der Waals surface area (Å²) in [7, 11) is 0. The van der Waals surface area contributed by atoms with Gasteiger partial charge in [-0.05, 0) is 42.4 Å². The van der Waals surface area contributed by atoms with Gasteiger partial charge in [0, 0.05) is 38.8 Å². The van der Waals surface area contributed by atoms with Crippen molar-refractivity contribution in [2.45, 2.75) is 19.3 Å². The smallest absolute Gasteiger partial charge is 0.259 e. The van der Waals surface area contributed by atoms with Crippen LogP contribution in [0.1, 0.15) is 17.8 Å². The molecule has 1 aromatic carbocycles. The minimum atomic E-state index is 0.552. The van der Waals surface area contributed by atoms with E-state index in [9.17, 15) is 0 Å². The molecule has 5 rings (SSSR count). The summed E-state index contributed by atoms with van der Waals surface area (Å²) >= 11 is 0. The molecule has 0 saturated carbocycles. The maximum absolute atomic E-state index is 5.46. The van der Waals surface area contributed by atoms with Crippen molar-refractivity contribution in [3.8, 4) is 11.5 Å². The Labute approximate surface area is 165 Å².